The molecule has 6 rings (SSSR count). The van der Waals surface area contributed by atoms with Crippen LogP contribution in [0.2, 0.25) is 0 Å². The summed E-state index contributed by atoms with van der Waals surface area (Å²) in [6.45, 7) is 0.748. The van der Waals surface area contributed by atoms with Gasteiger partial charge in [0.2, 0.25) is 0 Å². The first-order chi connectivity index (χ1) is 20.6. The molecule has 2 aliphatic heterocycles. The third-order valence-electron chi connectivity index (χ3n) is 7.75. The van der Waals surface area contributed by atoms with Crippen LogP contribution < -0.4 is 14.2 Å². The number of hydrogen-bond donors (Lipinski definition) is 1. The van der Waals surface area contributed by atoms with Crippen LogP contribution in [0.1, 0.15) is 54.7 Å². The number of ether oxygens (including phenoxy) is 3. The van der Waals surface area contributed by atoms with Gasteiger partial charge in [-0.2, -0.15) is 4.99 Å². The van der Waals surface area contributed by atoms with E-state index >= 15 is 0 Å². The van der Waals surface area contributed by atoms with Crippen molar-refractivity contribution in [1.82, 2.24) is 4.90 Å². The van der Waals surface area contributed by atoms with Crippen LogP contribution in [-0.2, 0) is 4.79 Å². The first-order valence-corrected chi connectivity index (χ1v) is 15.2. The molecule has 0 radical (unpaired) electrons. The van der Waals surface area contributed by atoms with Crippen LogP contribution in [-0.4, -0.2) is 42.1 Å². The zero-order chi connectivity index (χ0) is 28.9. The molecule has 7 nitrogen and oxygen atoms in total. The van der Waals surface area contributed by atoms with Gasteiger partial charge in [-0.15, -0.1) is 0 Å². The molecule has 1 amide bonds. The van der Waals surface area contributed by atoms with E-state index in [4.69, 9.17) is 19.6 Å². The van der Waals surface area contributed by atoms with Crippen molar-refractivity contribution in [2.24, 2.45) is 4.99 Å². The highest BCUT2D eigenvalue weighted by molar-refractivity contribution is 8.17. The molecule has 3 aromatic rings. The molecule has 0 saturated heterocycles. The van der Waals surface area contributed by atoms with Crippen molar-refractivity contribution in [3.05, 3.63) is 100 Å². The summed E-state index contributed by atoms with van der Waals surface area (Å²) in [5.74, 6) is 2.27. The number of methoxy groups -OCH3 is 1. The lowest BCUT2D eigenvalue weighted by Gasteiger charge is -2.27. The molecule has 1 fully saturated rings. The van der Waals surface area contributed by atoms with E-state index in [0.29, 0.717) is 41.4 Å². The smallest absolute Gasteiger partial charge is 0.283 e. The van der Waals surface area contributed by atoms with Gasteiger partial charge in [-0.05, 0) is 65.8 Å². The Balaban J connectivity index is 1.09. The number of amidine groups is 2. The molecule has 3 aromatic carbocycles. The number of fused-ring (bicyclic) bond motifs is 1. The van der Waals surface area contributed by atoms with E-state index in [2.05, 4.69) is 17.1 Å². The van der Waals surface area contributed by atoms with Gasteiger partial charge in [-0.25, -0.2) is 0 Å². The minimum atomic E-state index is -0.440. The number of carbonyl (C=O) groups excluding carboxylic acids is 1. The summed E-state index contributed by atoms with van der Waals surface area (Å²) in [6.07, 6.45) is 8.24. The van der Waals surface area contributed by atoms with Crippen LogP contribution in [0.25, 0.3) is 11.8 Å². The van der Waals surface area contributed by atoms with E-state index in [1.54, 1.807) is 30.2 Å². The lowest BCUT2D eigenvalue weighted by Crippen LogP contribution is -2.38. The minimum absolute atomic E-state index is 0.0910. The molecule has 1 N–H and O–H groups in total. The van der Waals surface area contributed by atoms with E-state index in [1.807, 2.05) is 53.9 Å². The third kappa shape index (κ3) is 5.99. The van der Waals surface area contributed by atoms with E-state index in [9.17, 15) is 4.79 Å². The van der Waals surface area contributed by atoms with E-state index in [0.717, 1.165) is 17.0 Å². The number of benzene rings is 3. The lowest BCUT2D eigenvalue weighted by molar-refractivity contribution is -0.114. The lowest BCUT2D eigenvalue weighted by atomic mass is 9.84. The highest BCUT2D eigenvalue weighted by atomic mass is 32.2. The fourth-order valence-corrected chi connectivity index (χ4v) is 6.45. The van der Waals surface area contributed by atoms with Gasteiger partial charge in [0.25, 0.3) is 5.91 Å². The number of nitrogens with one attached hydrogen (secondary N) is 1. The predicted molar refractivity (Wildman–Crippen MR) is 168 cm³/mol. The zero-order valence-corrected chi connectivity index (χ0v) is 24.4. The molecule has 2 heterocycles. The fraction of sp³-hybridized carbons (Fsp3) is 0.265. The summed E-state index contributed by atoms with van der Waals surface area (Å²) in [5.41, 5.74) is 4.10. The van der Waals surface area contributed by atoms with Crippen molar-refractivity contribution < 1.29 is 19.0 Å². The summed E-state index contributed by atoms with van der Waals surface area (Å²) < 4.78 is 17.4. The second-order valence-corrected chi connectivity index (χ2v) is 11.3. The van der Waals surface area contributed by atoms with Crippen molar-refractivity contribution in [3.8, 4) is 17.2 Å². The third-order valence-corrected chi connectivity index (χ3v) is 8.57. The number of thioether (sulfide) groups is 1. The van der Waals surface area contributed by atoms with Crippen molar-refractivity contribution in [2.45, 2.75) is 38.0 Å². The molecular weight excluding hydrogens is 546 g/mol. The topological polar surface area (TPSA) is 84.2 Å². The number of hydrogen-bond acceptors (Lipinski definition) is 6. The van der Waals surface area contributed by atoms with Gasteiger partial charge in [0.15, 0.2) is 16.7 Å². The predicted octanol–water partition coefficient (Wildman–Crippen LogP) is 7.50. The van der Waals surface area contributed by atoms with Gasteiger partial charge in [-0.3, -0.25) is 15.1 Å². The summed E-state index contributed by atoms with van der Waals surface area (Å²) in [7, 11) is 1.58. The van der Waals surface area contributed by atoms with E-state index in [-0.39, 0.29) is 11.4 Å². The molecule has 42 heavy (non-hydrogen) atoms. The molecule has 1 aliphatic carbocycles. The summed E-state index contributed by atoms with van der Waals surface area (Å²) >= 11 is 1.35. The molecule has 214 valence electrons. The first kappa shape index (κ1) is 27.8. The SMILES string of the molecule is COc1cc(C=C2C(=N)N3C(c4ccccc4)=CSC3=NC2=O)ccc1OCCOc1ccc(C2CCCCC2)cc1. The zero-order valence-electron chi connectivity index (χ0n) is 23.5. The Morgan fingerprint density at radius 1 is 0.952 bits per heavy atom. The number of carbonyl (C=O) groups is 1. The van der Waals surface area contributed by atoms with Crippen LogP contribution in [0.4, 0.5) is 0 Å². The first-order valence-electron chi connectivity index (χ1n) is 14.3. The molecular formula is C34H33N3O4S. The van der Waals surface area contributed by atoms with Gasteiger partial charge in [0.05, 0.1) is 18.4 Å². The molecule has 0 bridgehead atoms. The molecule has 3 aliphatic rings. The highest BCUT2D eigenvalue weighted by Crippen LogP contribution is 2.38. The summed E-state index contributed by atoms with van der Waals surface area (Å²) in [5, 5.41) is 11.3. The quantitative estimate of drug-likeness (QED) is 0.209. The molecule has 0 spiro atoms. The van der Waals surface area contributed by atoms with E-state index in [1.165, 1.54) is 49.4 Å². The minimum Gasteiger partial charge on any atom is -0.493 e. The Kier molecular flexibility index (Phi) is 8.42. The maximum absolute atomic E-state index is 12.9. The number of aliphatic imine (C=N–C) groups is 1. The Hall–Kier alpha value is -4.30. The van der Waals surface area contributed by atoms with Gasteiger partial charge < -0.3 is 14.2 Å². The molecule has 1 saturated carbocycles. The maximum Gasteiger partial charge on any atom is 0.283 e. The largest absolute Gasteiger partial charge is 0.493 e. The molecule has 8 heteroatoms. The second-order valence-electron chi connectivity index (χ2n) is 10.4. The summed E-state index contributed by atoms with van der Waals surface area (Å²) in [4.78, 5) is 18.8. The van der Waals surface area contributed by atoms with Crippen LogP contribution in [0.3, 0.4) is 0 Å². The monoisotopic (exact) mass is 579 g/mol. The average molecular weight is 580 g/mol. The van der Waals surface area contributed by atoms with Crippen LogP contribution >= 0.6 is 11.8 Å². The Labute approximate surface area is 250 Å². The molecule has 0 aromatic heterocycles. The summed E-state index contributed by atoms with van der Waals surface area (Å²) in [6, 6.07) is 23.7. The average Bonchev–Trinajstić information content (AvgIpc) is 3.47. The van der Waals surface area contributed by atoms with Gasteiger partial charge in [0.1, 0.15) is 24.8 Å². The number of rotatable bonds is 9. The van der Waals surface area contributed by atoms with Gasteiger partial charge in [-0.1, -0.05) is 79.6 Å². The maximum atomic E-state index is 12.9. The van der Waals surface area contributed by atoms with Gasteiger partial charge >= 0.3 is 0 Å². The Bertz CT molecular complexity index is 1560. The molecule has 0 atom stereocenters. The second kappa shape index (κ2) is 12.7. The van der Waals surface area contributed by atoms with E-state index < -0.39 is 5.91 Å². The Morgan fingerprint density at radius 2 is 1.71 bits per heavy atom. The number of nitrogens with zero attached hydrogens (tertiary/aromatic N) is 2. The van der Waals surface area contributed by atoms with Crippen molar-refractivity contribution in [3.63, 3.8) is 0 Å². The van der Waals surface area contributed by atoms with Crippen LogP contribution in [0.15, 0.2) is 88.8 Å². The van der Waals surface area contributed by atoms with Crippen molar-refractivity contribution >= 4 is 40.4 Å². The van der Waals surface area contributed by atoms with Crippen LogP contribution in [0, 0.1) is 5.41 Å². The van der Waals surface area contributed by atoms with Crippen molar-refractivity contribution in [1.29, 1.82) is 5.41 Å². The molecule has 0 unspecified atom stereocenters. The van der Waals surface area contributed by atoms with Crippen LogP contribution in [0.5, 0.6) is 17.2 Å². The normalized spacial score (nSPS) is 18.0. The Morgan fingerprint density at radius 3 is 2.48 bits per heavy atom. The standard InChI is InChI=1S/C34H33N3O4S/c1-39-31-21-23(20-28-32(35)37-29(26-10-6-3-7-11-26)22-42-34(37)36-33(28)38)12-17-30(31)41-19-18-40-27-15-13-25(14-16-27)24-8-4-2-5-9-24/h3,6-7,10-17,20-22,24,35H,2,4-5,8-9,18-19H2,1H3. The fourth-order valence-electron chi connectivity index (χ4n) is 5.56. The van der Waals surface area contributed by atoms with Crippen molar-refractivity contribution in [2.75, 3.05) is 20.3 Å². The highest BCUT2D eigenvalue weighted by Gasteiger charge is 2.36. The van der Waals surface area contributed by atoms with Gasteiger partial charge in [0, 0.05) is 5.41 Å². The number of amides is 1.